The first kappa shape index (κ1) is 23.6. The van der Waals surface area contributed by atoms with E-state index in [1.165, 1.54) is 77.0 Å². The molecule has 0 aromatic carbocycles. The van der Waals surface area contributed by atoms with Gasteiger partial charge in [-0.15, -0.1) is 0 Å². The Kier molecular flexibility index (Phi) is 7.84. The summed E-state index contributed by atoms with van der Waals surface area (Å²) in [6.45, 7) is 14.2. The minimum atomic E-state index is 0.496. The fourth-order valence-electron chi connectivity index (χ4n) is 8.82. The zero-order valence-electron chi connectivity index (χ0n) is 20.8. The summed E-state index contributed by atoms with van der Waals surface area (Å²) < 4.78 is 0. The third-order valence-electron chi connectivity index (χ3n) is 10.5. The third-order valence-corrected chi connectivity index (χ3v) is 10.5. The summed E-state index contributed by atoms with van der Waals surface area (Å²) >= 11 is 0. The molecule has 8 unspecified atom stereocenters. The van der Waals surface area contributed by atoms with E-state index >= 15 is 0 Å². The summed E-state index contributed by atoms with van der Waals surface area (Å²) in [6.07, 6.45) is 19.1. The first-order valence-corrected chi connectivity index (χ1v) is 13.6. The monoisotopic (exact) mass is 403 g/mol. The standard InChI is InChI=1S/C26H47N.C2H6/c1-18(2)7-5-6-8-19-10-12-23-22-11-9-20-17-21(27)13-15-26(20,4)24(22)14-16-25(19,23)3;1-2/h18-24H,5-17,27H2,1-4H3;1-2H3. The van der Waals surface area contributed by atoms with Crippen molar-refractivity contribution in [3.63, 3.8) is 0 Å². The first-order valence-electron chi connectivity index (χ1n) is 13.6. The third kappa shape index (κ3) is 4.47. The van der Waals surface area contributed by atoms with Crippen molar-refractivity contribution in [2.24, 2.45) is 52.1 Å². The molecule has 4 fully saturated rings. The molecule has 0 amide bonds. The van der Waals surface area contributed by atoms with Crippen LogP contribution in [0.5, 0.6) is 0 Å². The average Bonchev–Trinajstić information content (AvgIpc) is 3.03. The van der Waals surface area contributed by atoms with E-state index in [1.807, 2.05) is 13.8 Å². The number of fused-ring (bicyclic) bond motifs is 5. The smallest absolute Gasteiger partial charge is 0.00418 e. The first-order chi connectivity index (χ1) is 13.8. The van der Waals surface area contributed by atoms with Gasteiger partial charge in [0.05, 0.1) is 0 Å². The molecule has 29 heavy (non-hydrogen) atoms. The van der Waals surface area contributed by atoms with Gasteiger partial charge in [-0.05, 0) is 111 Å². The van der Waals surface area contributed by atoms with Crippen molar-refractivity contribution in [2.75, 3.05) is 0 Å². The Morgan fingerprint density at radius 2 is 1.52 bits per heavy atom. The second kappa shape index (κ2) is 9.62. The van der Waals surface area contributed by atoms with Gasteiger partial charge in [0.2, 0.25) is 0 Å². The zero-order chi connectivity index (χ0) is 21.2. The van der Waals surface area contributed by atoms with Gasteiger partial charge in [-0.2, -0.15) is 0 Å². The molecule has 2 N–H and O–H groups in total. The molecule has 8 atom stereocenters. The topological polar surface area (TPSA) is 26.0 Å². The van der Waals surface area contributed by atoms with Gasteiger partial charge in [0.15, 0.2) is 0 Å². The number of hydrogen-bond acceptors (Lipinski definition) is 1. The second-order valence-electron chi connectivity index (χ2n) is 12.2. The highest BCUT2D eigenvalue weighted by atomic mass is 14.7. The van der Waals surface area contributed by atoms with Crippen molar-refractivity contribution in [3.05, 3.63) is 0 Å². The largest absolute Gasteiger partial charge is 0.328 e. The minimum Gasteiger partial charge on any atom is -0.328 e. The molecule has 0 saturated heterocycles. The summed E-state index contributed by atoms with van der Waals surface area (Å²) in [6, 6.07) is 0.496. The van der Waals surface area contributed by atoms with E-state index in [0.717, 1.165) is 35.5 Å². The van der Waals surface area contributed by atoms with Crippen LogP contribution in [-0.2, 0) is 0 Å². The van der Waals surface area contributed by atoms with Crippen molar-refractivity contribution in [3.8, 4) is 0 Å². The van der Waals surface area contributed by atoms with Gasteiger partial charge in [-0.1, -0.05) is 60.8 Å². The fourth-order valence-corrected chi connectivity index (χ4v) is 8.82. The summed E-state index contributed by atoms with van der Waals surface area (Å²) in [5.74, 6) is 5.94. The lowest BCUT2D eigenvalue weighted by atomic mass is 9.44. The Hall–Kier alpha value is -0.0400. The van der Waals surface area contributed by atoms with E-state index in [1.54, 1.807) is 6.42 Å². The Bertz CT molecular complexity index is 512. The molecule has 0 radical (unpaired) electrons. The van der Waals surface area contributed by atoms with Crippen LogP contribution in [0, 0.1) is 46.3 Å². The summed E-state index contributed by atoms with van der Waals surface area (Å²) in [5.41, 5.74) is 7.66. The molecule has 0 aromatic heterocycles. The summed E-state index contributed by atoms with van der Waals surface area (Å²) in [5, 5.41) is 0. The van der Waals surface area contributed by atoms with Crippen LogP contribution in [0.15, 0.2) is 0 Å². The molecule has 0 heterocycles. The average molecular weight is 404 g/mol. The summed E-state index contributed by atoms with van der Waals surface area (Å²) in [4.78, 5) is 0. The molecular weight excluding hydrogens is 350 g/mol. The Labute approximate surface area is 183 Å². The van der Waals surface area contributed by atoms with Crippen LogP contribution in [0.2, 0.25) is 0 Å². The number of nitrogens with two attached hydrogens (primary N) is 1. The van der Waals surface area contributed by atoms with Crippen LogP contribution in [0.25, 0.3) is 0 Å². The van der Waals surface area contributed by atoms with Crippen LogP contribution >= 0.6 is 0 Å². The Morgan fingerprint density at radius 1 is 0.828 bits per heavy atom. The highest BCUT2D eigenvalue weighted by Crippen LogP contribution is 2.67. The predicted molar refractivity (Wildman–Crippen MR) is 128 cm³/mol. The van der Waals surface area contributed by atoms with E-state index in [4.69, 9.17) is 5.73 Å². The molecule has 4 aliphatic carbocycles. The van der Waals surface area contributed by atoms with Crippen molar-refractivity contribution < 1.29 is 0 Å². The maximum absolute atomic E-state index is 6.37. The fraction of sp³-hybridized carbons (Fsp3) is 1.00. The summed E-state index contributed by atoms with van der Waals surface area (Å²) in [7, 11) is 0. The molecule has 1 nitrogen and oxygen atoms in total. The SMILES string of the molecule is CC.CC(C)CCCCC1CCC2C3CCC4CC(N)CCC4(C)C3CCC12C. The van der Waals surface area contributed by atoms with Crippen LogP contribution in [0.4, 0.5) is 0 Å². The predicted octanol–water partition coefficient (Wildman–Crippen LogP) is 8.22. The molecule has 0 bridgehead atoms. The molecule has 4 rings (SSSR count). The number of rotatable bonds is 5. The van der Waals surface area contributed by atoms with Gasteiger partial charge in [-0.3, -0.25) is 0 Å². The van der Waals surface area contributed by atoms with Crippen molar-refractivity contribution in [1.29, 1.82) is 0 Å². The van der Waals surface area contributed by atoms with Crippen molar-refractivity contribution in [1.82, 2.24) is 0 Å². The molecule has 4 saturated carbocycles. The molecule has 0 aliphatic heterocycles. The van der Waals surface area contributed by atoms with Gasteiger partial charge in [-0.25, -0.2) is 0 Å². The lowest BCUT2D eigenvalue weighted by Gasteiger charge is -2.61. The second-order valence-corrected chi connectivity index (χ2v) is 12.2. The van der Waals surface area contributed by atoms with Gasteiger partial charge >= 0.3 is 0 Å². The Balaban J connectivity index is 0.00000117. The van der Waals surface area contributed by atoms with E-state index < -0.39 is 0 Å². The van der Waals surface area contributed by atoms with E-state index in [9.17, 15) is 0 Å². The maximum Gasteiger partial charge on any atom is 0.00418 e. The highest BCUT2D eigenvalue weighted by molar-refractivity contribution is 5.09. The molecule has 0 spiro atoms. The molecule has 170 valence electrons. The van der Waals surface area contributed by atoms with Crippen molar-refractivity contribution >= 4 is 0 Å². The molecule has 1 heteroatoms. The normalized spacial score (nSPS) is 46.3. The van der Waals surface area contributed by atoms with Gasteiger partial charge in [0.25, 0.3) is 0 Å². The molecular formula is C28H53N. The van der Waals surface area contributed by atoms with Gasteiger partial charge in [0.1, 0.15) is 0 Å². The van der Waals surface area contributed by atoms with Crippen LogP contribution in [-0.4, -0.2) is 6.04 Å². The molecule has 0 aromatic rings. The van der Waals surface area contributed by atoms with E-state index in [-0.39, 0.29) is 0 Å². The minimum absolute atomic E-state index is 0.496. The van der Waals surface area contributed by atoms with Crippen molar-refractivity contribution in [2.45, 2.75) is 131 Å². The highest BCUT2D eigenvalue weighted by Gasteiger charge is 2.59. The number of unbranched alkanes of at least 4 members (excludes halogenated alkanes) is 1. The lowest BCUT2D eigenvalue weighted by molar-refractivity contribution is -0.113. The lowest BCUT2D eigenvalue weighted by Crippen LogP contribution is -2.54. The zero-order valence-corrected chi connectivity index (χ0v) is 20.8. The van der Waals surface area contributed by atoms with Crippen LogP contribution in [0.1, 0.15) is 125 Å². The number of hydrogen-bond donors (Lipinski definition) is 1. The molecule has 4 aliphatic rings. The van der Waals surface area contributed by atoms with Crippen LogP contribution in [0.3, 0.4) is 0 Å². The Morgan fingerprint density at radius 3 is 2.24 bits per heavy atom. The van der Waals surface area contributed by atoms with Gasteiger partial charge in [0, 0.05) is 6.04 Å². The van der Waals surface area contributed by atoms with E-state index in [0.29, 0.717) is 16.9 Å². The van der Waals surface area contributed by atoms with E-state index in [2.05, 4.69) is 27.7 Å². The van der Waals surface area contributed by atoms with Gasteiger partial charge < -0.3 is 5.73 Å². The van der Waals surface area contributed by atoms with Crippen LogP contribution < -0.4 is 5.73 Å². The quantitative estimate of drug-likeness (QED) is 0.460. The maximum atomic E-state index is 6.37.